The smallest absolute Gasteiger partial charge is 0.229 e. The van der Waals surface area contributed by atoms with Crippen molar-refractivity contribution in [3.8, 4) is 5.75 Å². The molecule has 0 fully saturated rings. The van der Waals surface area contributed by atoms with Gasteiger partial charge in [-0.3, -0.25) is 0 Å². The molecule has 28 heavy (non-hydrogen) atoms. The van der Waals surface area contributed by atoms with Gasteiger partial charge in [-0.15, -0.1) is 0 Å². The number of para-hydroxylation sites is 1. The van der Waals surface area contributed by atoms with Crippen molar-refractivity contribution in [3.63, 3.8) is 0 Å². The van der Waals surface area contributed by atoms with Crippen LogP contribution in [-0.4, -0.2) is 47.4 Å². The summed E-state index contributed by atoms with van der Waals surface area (Å²) in [5.74, 6) is 3.01. The molecule has 0 aliphatic carbocycles. The Kier molecular flexibility index (Phi) is 8.32. The highest BCUT2D eigenvalue weighted by molar-refractivity contribution is 5.54. The fourth-order valence-corrected chi connectivity index (χ4v) is 3.12. The fourth-order valence-electron chi connectivity index (χ4n) is 3.12. The summed E-state index contributed by atoms with van der Waals surface area (Å²) in [6, 6.07) is 10.4. The van der Waals surface area contributed by atoms with Gasteiger partial charge >= 0.3 is 0 Å². The standard InChI is InChI=1S/C21H33N5O2/c1-15(2)26(16(3)4)21-24-19(22-11-8-12-27)13-20(25-21)23-14-17-9-6-7-10-18(17)28-5/h6-7,9-10,13,15-16,27H,8,11-12,14H2,1-5H3,(H2,22,23,24,25). The number of methoxy groups -OCH3 is 1. The summed E-state index contributed by atoms with van der Waals surface area (Å²) in [4.78, 5) is 11.6. The molecule has 0 saturated heterocycles. The molecule has 0 amide bonds. The molecule has 3 N–H and O–H groups in total. The van der Waals surface area contributed by atoms with Crippen LogP contribution < -0.4 is 20.3 Å². The molecule has 1 aromatic carbocycles. The first-order chi connectivity index (χ1) is 13.5. The molecule has 7 heteroatoms. The van der Waals surface area contributed by atoms with Crippen LogP contribution in [0.1, 0.15) is 39.7 Å². The number of hydrogen-bond acceptors (Lipinski definition) is 7. The lowest BCUT2D eigenvalue weighted by atomic mass is 10.2. The second kappa shape index (κ2) is 10.7. The molecule has 7 nitrogen and oxygen atoms in total. The van der Waals surface area contributed by atoms with Gasteiger partial charge in [0.05, 0.1) is 7.11 Å². The molecule has 0 aliphatic heterocycles. The van der Waals surface area contributed by atoms with Crippen LogP contribution in [0.3, 0.4) is 0 Å². The molecule has 0 radical (unpaired) electrons. The van der Waals surface area contributed by atoms with E-state index in [9.17, 15) is 0 Å². The number of anilines is 3. The molecule has 0 bridgehead atoms. The Hall–Kier alpha value is -2.54. The lowest BCUT2D eigenvalue weighted by Crippen LogP contribution is -2.38. The third-order valence-electron chi connectivity index (χ3n) is 4.35. The number of aliphatic hydroxyl groups excluding tert-OH is 1. The average molecular weight is 388 g/mol. The van der Waals surface area contributed by atoms with Crippen molar-refractivity contribution in [1.29, 1.82) is 0 Å². The van der Waals surface area contributed by atoms with E-state index in [4.69, 9.17) is 19.8 Å². The normalized spacial score (nSPS) is 11.0. The Balaban J connectivity index is 2.28. The van der Waals surface area contributed by atoms with E-state index in [1.165, 1.54) is 0 Å². The highest BCUT2D eigenvalue weighted by Crippen LogP contribution is 2.23. The largest absolute Gasteiger partial charge is 0.496 e. The number of aliphatic hydroxyl groups is 1. The molecule has 2 rings (SSSR count). The maximum absolute atomic E-state index is 9.04. The monoisotopic (exact) mass is 387 g/mol. The zero-order valence-electron chi connectivity index (χ0n) is 17.6. The van der Waals surface area contributed by atoms with Crippen molar-refractivity contribution in [1.82, 2.24) is 9.97 Å². The first-order valence-corrected chi connectivity index (χ1v) is 9.84. The van der Waals surface area contributed by atoms with Crippen LogP contribution in [0.2, 0.25) is 0 Å². The van der Waals surface area contributed by atoms with E-state index in [2.05, 4.69) is 43.2 Å². The van der Waals surface area contributed by atoms with E-state index in [-0.39, 0.29) is 18.7 Å². The molecule has 0 unspecified atom stereocenters. The van der Waals surface area contributed by atoms with Crippen LogP contribution in [-0.2, 0) is 6.54 Å². The summed E-state index contributed by atoms with van der Waals surface area (Å²) in [6.45, 7) is 9.94. The maximum Gasteiger partial charge on any atom is 0.229 e. The van der Waals surface area contributed by atoms with Crippen molar-refractivity contribution in [2.75, 3.05) is 35.8 Å². The zero-order valence-corrected chi connectivity index (χ0v) is 17.6. The molecular weight excluding hydrogens is 354 g/mol. The van der Waals surface area contributed by atoms with Crippen LogP contribution in [0, 0.1) is 0 Å². The minimum atomic E-state index is 0.147. The van der Waals surface area contributed by atoms with Crippen molar-refractivity contribution in [3.05, 3.63) is 35.9 Å². The van der Waals surface area contributed by atoms with E-state index < -0.39 is 0 Å². The van der Waals surface area contributed by atoms with E-state index in [0.717, 1.165) is 22.9 Å². The van der Waals surface area contributed by atoms with Gasteiger partial charge in [-0.1, -0.05) is 18.2 Å². The first kappa shape index (κ1) is 21.8. The number of aromatic nitrogens is 2. The topological polar surface area (TPSA) is 82.5 Å². The summed E-state index contributed by atoms with van der Waals surface area (Å²) in [5, 5.41) is 15.7. The molecule has 0 atom stereocenters. The number of nitrogens with one attached hydrogen (secondary N) is 2. The van der Waals surface area contributed by atoms with E-state index >= 15 is 0 Å². The molecule has 0 saturated carbocycles. The van der Waals surface area contributed by atoms with Crippen LogP contribution in [0.25, 0.3) is 0 Å². The minimum absolute atomic E-state index is 0.147. The van der Waals surface area contributed by atoms with Gasteiger partial charge in [-0.2, -0.15) is 9.97 Å². The lowest BCUT2D eigenvalue weighted by molar-refractivity contribution is 0.292. The summed E-state index contributed by atoms with van der Waals surface area (Å²) in [5.41, 5.74) is 1.06. The fraction of sp³-hybridized carbons (Fsp3) is 0.524. The third kappa shape index (κ3) is 5.99. The maximum atomic E-state index is 9.04. The highest BCUT2D eigenvalue weighted by Gasteiger charge is 2.18. The van der Waals surface area contributed by atoms with Crippen LogP contribution in [0.15, 0.2) is 30.3 Å². The molecule has 1 heterocycles. The summed E-state index contributed by atoms with van der Waals surface area (Å²) in [6.07, 6.45) is 0.668. The van der Waals surface area contributed by atoms with Gasteiger partial charge in [-0.25, -0.2) is 0 Å². The van der Waals surface area contributed by atoms with E-state index in [1.54, 1.807) is 7.11 Å². The zero-order chi connectivity index (χ0) is 20.5. The summed E-state index contributed by atoms with van der Waals surface area (Å²) < 4.78 is 5.43. The van der Waals surface area contributed by atoms with E-state index in [0.29, 0.717) is 25.5 Å². The predicted molar refractivity (Wildman–Crippen MR) is 115 cm³/mol. The number of ether oxygens (including phenoxy) is 1. The van der Waals surface area contributed by atoms with Crippen molar-refractivity contribution in [2.24, 2.45) is 0 Å². The summed E-state index contributed by atoms with van der Waals surface area (Å²) in [7, 11) is 1.67. The Labute approximate surface area is 168 Å². The predicted octanol–water partition coefficient (Wildman–Crippen LogP) is 3.51. The van der Waals surface area contributed by atoms with Gasteiger partial charge < -0.3 is 25.4 Å². The number of hydrogen-bond donors (Lipinski definition) is 3. The average Bonchev–Trinajstić information content (AvgIpc) is 2.66. The Morgan fingerprint density at radius 1 is 1.04 bits per heavy atom. The lowest BCUT2D eigenvalue weighted by Gasteiger charge is -2.31. The first-order valence-electron chi connectivity index (χ1n) is 9.84. The van der Waals surface area contributed by atoms with Gasteiger partial charge in [0.2, 0.25) is 5.95 Å². The van der Waals surface area contributed by atoms with Crippen LogP contribution in [0.5, 0.6) is 5.75 Å². The van der Waals surface area contributed by atoms with Crippen LogP contribution >= 0.6 is 0 Å². The molecule has 1 aromatic heterocycles. The number of rotatable bonds is 11. The van der Waals surface area contributed by atoms with Gasteiger partial charge in [0.25, 0.3) is 0 Å². The molecule has 2 aromatic rings. The molecular formula is C21H33N5O2. The molecule has 0 aliphatic rings. The van der Waals surface area contributed by atoms with Gasteiger partial charge in [0.15, 0.2) is 0 Å². The number of nitrogens with zero attached hydrogens (tertiary/aromatic N) is 3. The second-order valence-electron chi connectivity index (χ2n) is 7.20. The quantitative estimate of drug-likeness (QED) is 0.509. The van der Waals surface area contributed by atoms with Gasteiger partial charge in [-0.05, 0) is 40.2 Å². The number of benzene rings is 1. The van der Waals surface area contributed by atoms with Crippen LogP contribution in [0.4, 0.5) is 17.6 Å². The van der Waals surface area contributed by atoms with Crippen molar-refractivity contribution in [2.45, 2.75) is 52.7 Å². The van der Waals surface area contributed by atoms with Crippen molar-refractivity contribution >= 4 is 17.6 Å². The minimum Gasteiger partial charge on any atom is -0.496 e. The van der Waals surface area contributed by atoms with E-state index in [1.807, 2.05) is 30.3 Å². The Morgan fingerprint density at radius 3 is 2.29 bits per heavy atom. The van der Waals surface area contributed by atoms with Crippen molar-refractivity contribution < 1.29 is 9.84 Å². The Morgan fingerprint density at radius 2 is 1.68 bits per heavy atom. The molecule has 154 valence electrons. The second-order valence-corrected chi connectivity index (χ2v) is 7.20. The highest BCUT2D eigenvalue weighted by atomic mass is 16.5. The SMILES string of the molecule is COc1ccccc1CNc1cc(NCCCO)nc(N(C(C)C)C(C)C)n1. The van der Waals surface area contributed by atoms with Gasteiger partial charge in [0.1, 0.15) is 17.4 Å². The Bertz CT molecular complexity index is 728. The molecule has 0 spiro atoms. The third-order valence-corrected chi connectivity index (χ3v) is 4.35. The van der Waals surface area contributed by atoms with Gasteiger partial charge in [0, 0.05) is 43.4 Å². The summed E-state index contributed by atoms with van der Waals surface area (Å²) >= 11 is 0.